The van der Waals surface area contributed by atoms with Crippen LogP contribution in [0.3, 0.4) is 0 Å². The minimum Gasteiger partial charge on any atom is -0.338 e. The van der Waals surface area contributed by atoms with Crippen molar-refractivity contribution in [1.82, 2.24) is 19.7 Å². The van der Waals surface area contributed by atoms with E-state index in [0.29, 0.717) is 24.1 Å². The number of anilines is 1. The summed E-state index contributed by atoms with van der Waals surface area (Å²) in [6.45, 7) is 3.35. The summed E-state index contributed by atoms with van der Waals surface area (Å²) in [5, 5.41) is 7.09. The Kier molecular flexibility index (Phi) is 6.54. The molecule has 0 radical (unpaired) electrons. The van der Waals surface area contributed by atoms with Gasteiger partial charge in [-0.2, -0.15) is 5.10 Å². The Morgan fingerprint density at radius 2 is 2.19 bits per heavy atom. The number of fused-ring (bicyclic) bond motifs is 1. The van der Waals surface area contributed by atoms with Gasteiger partial charge in [-0.3, -0.25) is 14.3 Å². The summed E-state index contributed by atoms with van der Waals surface area (Å²) in [7, 11) is 1.97. The predicted molar refractivity (Wildman–Crippen MR) is 129 cm³/mol. The van der Waals surface area contributed by atoms with Crippen molar-refractivity contribution in [3.05, 3.63) is 53.5 Å². The number of amides is 2. The van der Waals surface area contributed by atoms with Gasteiger partial charge in [-0.1, -0.05) is 35.6 Å². The predicted octanol–water partition coefficient (Wildman–Crippen LogP) is 3.67. The van der Waals surface area contributed by atoms with E-state index in [1.54, 1.807) is 12.3 Å². The van der Waals surface area contributed by atoms with Crippen LogP contribution in [0, 0.1) is 11.8 Å². The van der Waals surface area contributed by atoms with E-state index in [1.165, 1.54) is 11.3 Å². The Morgan fingerprint density at radius 3 is 2.87 bits per heavy atom. The molecule has 1 fully saturated rings. The lowest BCUT2D eigenvalue weighted by molar-refractivity contribution is -0.125. The maximum Gasteiger partial charge on any atom is 0.246 e. The number of aromatic nitrogens is 3. The monoisotopic (exact) mass is 531 g/mol. The molecular formula is C23H26IN5O2. The maximum atomic E-state index is 12.7. The molecule has 2 amide bonds. The van der Waals surface area contributed by atoms with E-state index in [1.807, 2.05) is 41.9 Å². The second kappa shape index (κ2) is 9.33. The highest BCUT2D eigenvalue weighted by Gasteiger charge is 2.38. The van der Waals surface area contributed by atoms with Crippen molar-refractivity contribution in [1.29, 1.82) is 0 Å². The van der Waals surface area contributed by atoms with Gasteiger partial charge in [0.2, 0.25) is 11.8 Å². The highest BCUT2D eigenvalue weighted by Crippen LogP contribution is 2.40. The lowest BCUT2D eigenvalue weighted by Crippen LogP contribution is -2.27. The first kappa shape index (κ1) is 21.7. The van der Waals surface area contributed by atoms with Crippen molar-refractivity contribution >= 4 is 51.9 Å². The topological polar surface area (TPSA) is 80.1 Å². The Bertz CT molecular complexity index is 1060. The number of hydrogen-bond acceptors (Lipinski definition) is 4. The van der Waals surface area contributed by atoms with Gasteiger partial charge in [0.25, 0.3) is 0 Å². The fourth-order valence-corrected chi connectivity index (χ4v) is 4.88. The molecule has 4 rings (SSSR count). The number of nitrogens with one attached hydrogen (secondary N) is 1. The van der Waals surface area contributed by atoms with Crippen LogP contribution in [-0.4, -0.2) is 44.6 Å². The normalized spacial score (nSPS) is 20.2. The second-order valence-electron chi connectivity index (χ2n) is 8.05. The molecule has 1 aliphatic heterocycles. The quantitative estimate of drug-likeness (QED) is 0.351. The highest BCUT2D eigenvalue weighted by atomic mass is 127. The van der Waals surface area contributed by atoms with Gasteiger partial charge in [0.1, 0.15) is 5.82 Å². The number of carbonyl (C=O) groups excluding carboxylic acids is 2. The fraction of sp³-hybridized carbons (Fsp3) is 0.391. The van der Waals surface area contributed by atoms with Crippen LogP contribution in [0.2, 0.25) is 0 Å². The molecule has 2 aliphatic rings. The first-order valence-corrected chi connectivity index (χ1v) is 12.0. The Morgan fingerprint density at radius 1 is 1.35 bits per heavy atom. The highest BCUT2D eigenvalue weighted by molar-refractivity contribution is 14.1. The molecule has 7 nitrogen and oxygen atoms in total. The molecule has 2 aromatic heterocycles. The Labute approximate surface area is 195 Å². The van der Waals surface area contributed by atoms with Crippen LogP contribution in [-0.2, 0) is 21.1 Å². The number of alkyl halides is 1. The van der Waals surface area contributed by atoms with E-state index in [4.69, 9.17) is 0 Å². The number of hydrogen-bond donors (Lipinski definition) is 1. The van der Waals surface area contributed by atoms with Gasteiger partial charge >= 0.3 is 0 Å². The number of halogens is 1. The maximum absolute atomic E-state index is 12.7. The number of rotatable bonds is 6. The number of pyridine rings is 1. The zero-order valence-corrected chi connectivity index (χ0v) is 19.9. The van der Waals surface area contributed by atoms with Gasteiger partial charge in [0.15, 0.2) is 0 Å². The van der Waals surface area contributed by atoms with Crippen molar-refractivity contribution in [2.75, 3.05) is 18.4 Å². The average molecular weight is 531 g/mol. The van der Waals surface area contributed by atoms with E-state index in [2.05, 4.69) is 50.1 Å². The molecule has 0 bridgehead atoms. The SMILES string of the molecule is CCC(=O)Nc1ncc(/C=C/C(=O)N2CC3C=C(c4ccnn4C)CC3C2)cc1CI. The number of likely N-dealkylation sites (tertiary alicyclic amines) is 1. The summed E-state index contributed by atoms with van der Waals surface area (Å²) in [5.74, 6) is 1.46. The van der Waals surface area contributed by atoms with Crippen LogP contribution in [0.4, 0.5) is 5.82 Å². The van der Waals surface area contributed by atoms with E-state index < -0.39 is 0 Å². The molecule has 1 N–H and O–H groups in total. The molecule has 0 aromatic carbocycles. The third-order valence-corrected chi connectivity index (χ3v) is 6.80. The number of allylic oxidation sites excluding steroid dienone is 1. The average Bonchev–Trinajstić information content (AvgIpc) is 3.46. The molecule has 1 aliphatic carbocycles. The Hall–Kier alpha value is -2.49. The lowest BCUT2D eigenvalue weighted by atomic mass is 9.99. The molecule has 1 saturated heterocycles. The lowest BCUT2D eigenvalue weighted by Gasteiger charge is -2.15. The van der Waals surface area contributed by atoms with E-state index >= 15 is 0 Å². The summed E-state index contributed by atoms with van der Waals surface area (Å²) < 4.78 is 2.63. The number of nitrogens with zero attached hydrogens (tertiary/aromatic N) is 4. The first-order valence-electron chi connectivity index (χ1n) is 10.5. The van der Waals surface area contributed by atoms with Crippen LogP contribution < -0.4 is 5.32 Å². The Balaban J connectivity index is 1.39. The minimum atomic E-state index is -0.0581. The molecule has 0 spiro atoms. The summed E-state index contributed by atoms with van der Waals surface area (Å²) in [6, 6.07) is 4.02. The molecule has 2 unspecified atom stereocenters. The summed E-state index contributed by atoms with van der Waals surface area (Å²) in [6.07, 6.45) is 10.7. The summed E-state index contributed by atoms with van der Waals surface area (Å²) in [4.78, 5) is 30.7. The first-order chi connectivity index (χ1) is 15.0. The van der Waals surface area contributed by atoms with Crippen LogP contribution in [0.5, 0.6) is 0 Å². The van der Waals surface area contributed by atoms with Crippen LogP contribution in [0.15, 0.2) is 36.7 Å². The summed E-state index contributed by atoms with van der Waals surface area (Å²) >= 11 is 2.25. The van der Waals surface area contributed by atoms with E-state index in [9.17, 15) is 9.59 Å². The van der Waals surface area contributed by atoms with Crippen LogP contribution in [0.25, 0.3) is 11.6 Å². The molecule has 2 atom stereocenters. The van der Waals surface area contributed by atoms with Crippen molar-refractivity contribution in [3.8, 4) is 0 Å². The second-order valence-corrected chi connectivity index (χ2v) is 8.81. The molecular weight excluding hydrogens is 505 g/mol. The van der Waals surface area contributed by atoms with Crippen molar-refractivity contribution in [2.24, 2.45) is 18.9 Å². The van der Waals surface area contributed by atoms with Crippen molar-refractivity contribution < 1.29 is 9.59 Å². The number of aryl methyl sites for hydroxylation is 1. The molecule has 2 aromatic rings. The molecule has 162 valence electrons. The van der Waals surface area contributed by atoms with Crippen LogP contribution >= 0.6 is 22.6 Å². The number of carbonyl (C=O) groups is 2. The van der Waals surface area contributed by atoms with Crippen molar-refractivity contribution in [2.45, 2.75) is 24.2 Å². The fourth-order valence-electron chi connectivity index (χ4n) is 4.30. The third kappa shape index (κ3) is 4.73. The largest absolute Gasteiger partial charge is 0.338 e. The smallest absolute Gasteiger partial charge is 0.246 e. The van der Waals surface area contributed by atoms with Gasteiger partial charge in [-0.05, 0) is 47.6 Å². The van der Waals surface area contributed by atoms with Gasteiger partial charge in [0.05, 0.1) is 5.69 Å². The van der Waals surface area contributed by atoms with Gasteiger partial charge in [-0.15, -0.1) is 0 Å². The van der Waals surface area contributed by atoms with E-state index in [0.717, 1.165) is 35.1 Å². The molecule has 8 heteroatoms. The van der Waals surface area contributed by atoms with E-state index in [-0.39, 0.29) is 11.8 Å². The zero-order valence-electron chi connectivity index (χ0n) is 17.7. The van der Waals surface area contributed by atoms with Gasteiger partial charge in [0, 0.05) is 55.0 Å². The zero-order chi connectivity index (χ0) is 22.0. The molecule has 3 heterocycles. The minimum absolute atomic E-state index is 0.0317. The van der Waals surface area contributed by atoms with Gasteiger partial charge in [-0.25, -0.2) is 4.98 Å². The molecule has 0 saturated carbocycles. The third-order valence-electron chi connectivity index (χ3n) is 5.98. The summed E-state index contributed by atoms with van der Waals surface area (Å²) in [5.41, 5.74) is 4.31. The van der Waals surface area contributed by atoms with Gasteiger partial charge < -0.3 is 10.2 Å². The molecule has 31 heavy (non-hydrogen) atoms. The van der Waals surface area contributed by atoms with Crippen molar-refractivity contribution in [3.63, 3.8) is 0 Å². The standard InChI is InChI=1S/C23H26IN5O2/c1-3-21(30)27-23-17(11-24)8-15(12-25-23)4-5-22(31)29-13-18-9-16(10-19(18)14-29)20-6-7-26-28(20)2/h4-9,12,18-19H,3,10-11,13-14H2,1-2H3,(H,25,27,30)/b5-4+. The van der Waals surface area contributed by atoms with Crippen LogP contribution in [0.1, 0.15) is 36.6 Å².